The van der Waals surface area contributed by atoms with E-state index < -0.39 is 0 Å². The van der Waals surface area contributed by atoms with Gasteiger partial charge in [-0.05, 0) is 31.0 Å². The van der Waals surface area contributed by atoms with Crippen LogP contribution >= 0.6 is 0 Å². The molecule has 19 heavy (non-hydrogen) atoms. The molecule has 1 aromatic rings. The number of benzene rings is 1. The fourth-order valence-corrected chi connectivity index (χ4v) is 1.75. The molecule has 1 aromatic carbocycles. The molecule has 0 bridgehead atoms. The molecule has 0 heterocycles. The van der Waals surface area contributed by atoms with E-state index in [2.05, 4.69) is 5.92 Å². The molecular formula is C16H21NO2. The molecule has 0 spiro atoms. The van der Waals surface area contributed by atoms with E-state index in [0.717, 1.165) is 18.6 Å². The third kappa shape index (κ3) is 4.67. The number of ether oxygens (including phenoxy) is 1. The van der Waals surface area contributed by atoms with Gasteiger partial charge in [0.15, 0.2) is 0 Å². The van der Waals surface area contributed by atoms with E-state index >= 15 is 0 Å². The molecule has 0 radical (unpaired) electrons. The van der Waals surface area contributed by atoms with Gasteiger partial charge in [0.25, 0.3) is 5.91 Å². The van der Waals surface area contributed by atoms with Crippen LogP contribution in [0.25, 0.3) is 0 Å². The zero-order chi connectivity index (χ0) is 14.1. The van der Waals surface area contributed by atoms with Crippen molar-refractivity contribution >= 4 is 5.91 Å². The third-order valence-corrected chi connectivity index (χ3v) is 2.62. The van der Waals surface area contributed by atoms with Crippen molar-refractivity contribution in [3.05, 3.63) is 29.8 Å². The van der Waals surface area contributed by atoms with E-state index in [1.807, 2.05) is 26.0 Å². The van der Waals surface area contributed by atoms with Crippen molar-refractivity contribution in [3.8, 4) is 18.1 Å². The van der Waals surface area contributed by atoms with Gasteiger partial charge in [0.2, 0.25) is 0 Å². The first-order valence-electron chi connectivity index (χ1n) is 6.68. The Morgan fingerprint density at radius 2 is 2.16 bits per heavy atom. The van der Waals surface area contributed by atoms with Gasteiger partial charge < -0.3 is 9.64 Å². The first-order valence-corrected chi connectivity index (χ1v) is 6.68. The highest BCUT2D eigenvalue weighted by molar-refractivity contribution is 5.94. The number of carbonyl (C=O) groups is 1. The smallest absolute Gasteiger partial charge is 0.254 e. The molecule has 0 aliphatic heterocycles. The summed E-state index contributed by atoms with van der Waals surface area (Å²) in [6, 6.07) is 7.26. The lowest BCUT2D eigenvalue weighted by molar-refractivity contribution is 0.0776. The summed E-state index contributed by atoms with van der Waals surface area (Å²) in [6.07, 6.45) is 7.13. The van der Waals surface area contributed by atoms with Gasteiger partial charge in [0.1, 0.15) is 5.75 Å². The molecule has 0 aliphatic carbocycles. The van der Waals surface area contributed by atoms with Crippen LogP contribution in [0.3, 0.4) is 0 Å². The maximum atomic E-state index is 12.3. The van der Waals surface area contributed by atoms with Crippen LogP contribution in [0, 0.1) is 12.3 Å². The maximum absolute atomic E-state index is 12.3. The molecule has 1 rings (SSSR count). The number of nitrogens with zero attached hydrogens (tertiary/aromatic N) is 1. The summed E-state index contributed by atoms with van der Waals surface area (Å²) in [5.41, 5.74) is 0.623. The van der Waals surface area contributed by atoms with E-state index in [1.165, 1.54) is 0 Å². The lowest BCUT2D eigenvalue weighted by atomic mass is 10.2. The lowest BCUT2D eigenvalue weighted by Gasteiger charge is -2.19. The van der Waals surface area contributed by atoms with E-state index in [0.29, 0.717) is 25.3 Å². The number of hydrogen-bond acceptors (Lipinski definition) is 2. The summed E-state index contributed by atoms with van der Waals surface area (Å²) in [7, 11) is 0. The number of amides is 1. The van der Waals surface area contributed by atoms with Gasteiger partial charge in [-0.1, -0.05) is 25.8 Å². The first kappa shape index (κ1) is 15.1. The van der Waals surface area contributed by atoms with E-state index in [4.69, 9.17) is 11.2 Å². The lowest BCUT2D eigenvalue weighted by Crippen LogP contribution is -2.32. The van der Waals surface area contributed by atoms with Crippen molar-refractivity contribution in [1.82, 2.24) is 4.90 Å². The Balaban J connectivity index is 2.82. The Morgan fingerprint density at radius 1 is 1.37 bits per heavy atom. The second-order valence-corrected chi connectivity index (χ2v) is 4.31. The fourth-order valence-electron chi connectivity index (χ4n) is 1.75. The van der Waals surface area contributed by atoms with Crippen LogP contribution < -0.4 is 4.74 Å². The van der Waals surface area contributed by atoms with Crippen LogP contribution in [0.15, 0.2) is 24.3 Å². The molecule has 0 aliphatic rings. The molecule has 0 unspecified atom stereocenters. The van der Waals surface area contributed by atoms with Crippen molar-refractivity contribution in [2.75, 3.05) is 19.7 Å². The Kier molecular flexibility index (Phi) is 6.52. The van der Waals surface area contributed by atoms with Gasteiger partial charge in [-0.3, -0.25) is 4.79 Å². The minimum absolute atomic E-state index is 0.0400. The molecule has 1 amide bonds. The van der Waals surface area contributed by atoms with Crippen molar-refractivity contribution < 1.29 is 9.53 Å². The van der Waals surface area contributed by atoms with Gasteiger partial charge in [0, 0.05) is 12.1 Å². The minimum Gasteiger partial charge on any atom is -0.494 e. The largest absolute Gasteiger partial charge is 0.494 e. The predicted octanol–water partition coefficient (Wildman–Crippen LogP) is 2.96. The average molecular weight is 259 g/mol. The summed E-state index contributed by atoms with van der Waals surface area (Å²) in [6.45, 7) is 5.74. The van der Waals surface area contributed by atoms with E-state index in [1.54, 1.807) is 17.0 Å². The summed E-state index contributed by atoms with van der Waals surface area (Å²) in [5.74, 6) is 3.21. The molecule has 3 heteroatoms. The highest BCUT2D eigenvalue weighted by atomic mass is 16.5. The van der Waals surface area contributed by atoms with Crippen molar-refractivity contribution in [3.63, 3.8) is 0 Å². The molecule has 0 saturated heterocycles. The molecule has 3 nitrogen and oxygen atoms in total. The molecular weight excluding hydrogens is 238 g/mol. The summed E-state index contributed by atoms with van der Waals surface area (Å²) in [4.78, 5) is 14.0. The molecule has 102 valence electrons. The Bertz CT molecular complexity index is 448. The fraction of sp³-hybridized carbons (Fsp3) is 0.438. The van der Waals surface area contributed by atoms with Gasteiger partial charge in [-0.15, -0.1) is 6.42 Å². The molecule has 0 fully saturated rings. The van der Waals surface area contributed by atoms with Crippen LogP contribution in [-0.2, 0) is 0 Å². The second-order valence-electron chi connectivity index (χ2n) is 4.31. The van der Waals surface area contributed by atoms with Crippen LogP contribution in [0.4, 0.5) is 0 Å². The summed E-state index contributed by atoms with van der Waals surface area (Å²) < 4.78 is 5.53. The van der Waals surface area contributed by atoms with Gasteiger partial charge in [0.05, 0.1) is 13.2 Å². The highest BCUT2D eigenvalue weighted by Gasteiger charge is 2.14. The molecule has 0 atom stereocenters. The van der Waals surface area contributed by atoms with Crippen LogP contribution in [-0.4, -0.2) is 30.5 Å². The number of hydrogen-bond donors (Lipinski definition) is 0. The van der Waals surface area contributed by atoms with E-state index in [-0.39, 0.29) is 5.91 Å². The molecule has 0 N–H and O–H groups in total. The Labute approximate surface area is 115 Å². The van der Waals surface area contributed by atoms with Crippen molar-refractivity contribution in [2.24, 2.45) is 0 Å². The Hall–Kier alpha value is -1.95. The number of carbonyl (C=O) groups excluding carboxylic acids is 1. The monoisotopic (exact) mass is 259 g/mol. The zero-order valence-corrected chi connectivity index (χ0v) is 11.7. The summed E-state index contributed by atoms with van der Waals surface area (Å²) >= 11 is 0. The number of terminal acetylenes is 1. The first-order chi connectivity index (χ1) is 9.22. The average Bonchev–Trinajstić information content (AvgIpc) is 2.44. The topological polar surface area (TPSA) is 29.5 Å². The van der Waals surface area contributed by atoms with Gasteiger partial charge in [-0.2, -0.15) is 0 Å². The third-order valence-electron chi connectivity index (χ3n) is 2.62. The van der Waals surface area contributed by atoms with Gasteiger partial charge in [-0.25, -0.2) is 0 Å². The van der Waals surface area contributed by atoms with E-state index in [9.17, 15) is 4.79 Å². The Morgan fingerprint density at radius 3 is 2.79 bits per heavy atom. The SMILES string of the molecule is C#CCN(CCC)C(=O)c1cccc(OCCC)c1. The van der Waals surface area contributed by atoms with Crippen LogP contribution in [0.1, 0.15) is 37.0 Å². The number of rotatable bonds is 7. The zero-order valence-electron chi connectivity index (χ0n) is 11.7. The van der Waals surface area contributed by atoms with Crippen LogP contribution in [0.5, 0.6) is 5.75 Å². The quantitative estimate of drug-likeness (QED) is 0.705. The minimum atomic E-state index is -0.0400. The molecule has 0 aromatic heterocycles. The van der Waals surface area contributed by atoms with Crippen molar-refractivity contribution in [1.29, 1.82) is 0 Å². The maximum Gasteiger partial charge on any atom is 0.254 e. The standard InChI is InChI=1S/C16H21NO2/c1-4-10-17(11-5-2)16(18)14-8-7-9-15(13-14)19-12-6-3/h1,7-9,13H,5-6,10-12H2,2-3H3. The summed E-state index contributed by atoms with van der Waals surface area (Å²) in [5, 5.41) is 0. The normalized spacial score (nSPS) is 9.74. The predicted molar refractivity (Wildman–Crippen MR) is 77.3 cm³/mol. The highest BCUT2D eigenvalue weighted by Crippen LogP contribution is 2.15. The van der Waals surface area contributed by atoms with Gasteiger partial charge >= 0.3 is 0 Å². The second kappa shape index (κ2) is 8.20. The van der Waals surface area contributed by atoms with Crippen LogP contribution in [0.2, 0.25) is 0 Å². The molecule has 0 saturated carbocycles. The van der Waals surface area contributed by atoms with Crippen molar-refractivity contribution in [2.45, 2.75) is 26.7 Å².